The van der Waals surface area contributed by atoms with Gasteiger partial charge in [0, 0.05) is 18.4 Å². The summed E-state index contributed by atoms with van der Waals surface area (Å²) in [5.74, 6) is 3.56. The number of carbonyl (C=O) groups is 1. The summed E-state index contributed by atoms with van der Waals surface area (Å²) < 4.78 is 12.4. The van der Waals surface area contributed by atoms with E-state index in [1.807, 2.05) is 12.2 Å². The lowest BCUT2D eigenvalue weighted by Crippen LogP contribution is -2.29. The summed E-state index contributed by atoms with van der Waals surface area (Å²) in [4.78, 5) is 12.9. The standard InChI is InChI=1S/C30H38O4/c1-20-8-10-21(11-9-20)16-22-12-13-24(17-22)28(32)15-14-26-19-33-29-7-3-6-27(30(29)34-26)23-4-2-5-25(31)18-23/h2,4-5,7,12-13,20-21,25-26,31H,3,6,8-11,14-19H2,1H3. The molecule has 4 nitrogen and oxygen atoms in total. The van der Waals surface area contributed by atoms with Crippen molar-refractivity contribution in [2.24, 2.45) is 11.8 Å². The molecule has 5 aliphatic rings. The molecule has 4 aliphatic carbocycles. The summed E-state index contributed by atoms with van der Waals surface area (Å²) in [7, 11) is 0. The van der Waals surface area contributed by atoms with E-state index in [1.54, 1.807) is 0 Å². The van der Waals surface area contributed by atoms with Gasteiger partial charge >= 0.3 is 0 Å². The van der Waals surface area contributed by atoms with E-state index in [2.05, 4.69) is 31.2 Å². The quantitative estimate of drug-likeness (QED) is 0.475. The van der Waals surface area contributed by atoms with Gasteiger partial charge in [0.2, 0.25) is 0 Å². The first kappa shape index (κ1) is 23.4. The van der Waals surface area contributed by atoms with Crippen molar-refractivity contribution in [3.8, 4) is 0 Å². The van der Waals surface area contributed by atoms with E-state index >= 15 is 0 Å². The van der Waals surface area contributed by atoms with E-state index < -0.39 is 6.10 Å². The molecule has 34 heavy (non-hydrogen) atoms. The predicted octanol–water partition coefficient (Wildman–Crippen LogP) is 6.40. The van der Waals surface area contributed by atoms with Crippen molar-refractivity contribution in [3.05, 3.63) is 70.3 Å². The Hall–Kier alpha value is -2.33. The molecule has 0 bridgehead atoms. The maximum atomic E-state index is 12.9. The molecule has 2 fully saturated rings. The Bertz CT molecular complexity index is 981. The summed E-state index contributed by atoms with van der Waals surface area (Å²) in [6.45, 7) is 2.85. The number of ketones is 1. The molecule has 182 valence electrons. The lowest BCUT2D eigenvalue weighted by molar-refractivity contribution is -0.116. The van der Waals surface area contributed by atoms with Crippen LogP contribution in [0.4, 0.5) is 0 Å². The highest BCUT2D eigenvalue weighted by atomic mass is 16.6. The van der Waals surface area contributed by atoms with Crippen LogP contribution < -0.4 is 0 Å². The summed E-state index contributed by atoms with van der Waals surface area (Å²) in [6, 6.07) is 0. The zero-order valence-corrected chi connectivity index (χ0v) is 20.4. The molecule has 0 aromatic heterocycles. The van der Waals surface area contributed by atoms with Gasteiger partial charge in [0.15, 0.2) is 17.3 Å². The maximum Gasteiger partial charge on any atom is 0.164 e. The van der Waals surface area contributed by atoms with Crippen LogP contribution in [0, 0.1) is 11.8 Å². The lowest BCUT2D eigenvalue weighted by atomic mass is 9.79. The molecule has 0 amide bonds. The molecular weight excluding hydrogens is 424 g/mol. The van der Waals surface area contributed by atoms with Gasteiger partial charge in [-0.05, 0) is 74.0 Å². The fourth-order valence-corrected chi connectivity index (χ4v) is 5.94. The molecule has 1 N–H and O–H groups in total. The van der Waals surface area contributed by atoms with Crippen molar-refractivity contribution >= 4 is 5.78 Å². The number of allylic oxidation sites excluding steroid dienone is 8. The van der Waals surface area contributed by atoms with E-state index in [1.165, 1.54) is 31.3 Å². The van der Waals surface area contributed by atoms with Gasteiger partial charge in [0.25, 0.3) is 0 Å². The molecule has 0 aromatic rings. The number of rotatable bonds is 7. The van der Waals surface area contributed by atoms with Crippen LogP contribution >= 0.6 is 0 Å². The molecule has 4 heteroatoms. The third-order valence-electron chi connectivity index (χ3n) is 8.05. The molecule has 0 radical (unpaired) electrons. The second kappa shape index (κ2) is 10.5. The van der Waals surface area contributed by atoms with Crippen LogP contribution in [0.3, 0.4) is 0 Å². The molecule has 5 rings (SSSR count). The average molecular weight is 463 g/mol. The zero-order valence-electron chi connectivity index (χ0n) is 20.4. The van der Waals surface area contributed by atoms with Gasteiger partial charge in [-0.2, -0.15) is 0 Å². The Morgan fingerprint density at radius 2 is 2.00 bits per heavy atom. The Balaban J connectivity index is 1.13. The van der Waals surface area contributed by atoms with Crippen LogP contribution in [0.1, 0.15) is 77.6 Å². The van der Waals surface area contributed by atoms with Gasteiger partial charge in [0.05, 0.1) is 6.10 Å². The highest BCUT2D eigenvalue weighted by molar-refractivity contribution is 5.96. The molecule has 1 heterocycles. The minimum absolute atomic E-state index is 0.118. The summed E-state index contributed by atoms with van der Waals surface area (Å²) >= 11 is 0. The number of carbonyl (C=O) groups excluding carboxylic acids is 1. The Kier molecular flexibility index (Phi) is 7.24. The first-order valence-electron chi connectivity index (χ1n) is 13.3. The van der Waals surface area contributed by atoms with Gasteiger partial charge < -0.3 is 14.6 Å². The predicted molar refractivity (Wildman–Crippen MR) is 134 cm³/mol. The number of ether oxygens (including phenoxy) is 2. The fraction of sp³-hybridized carbons (Fsp3) is 0.567. The second-order valence-electron chi connectivity index (χ2n) is 10.8. The average Bonchev–Trinajstić information content (AvgIpc) is 3.32. The fourth-order valence-electron chi connectivity index (χ4n) is 5.94. The molecule has 1 saturated carbocycles. The molecule has 2 unspecified atom stereocenters. The topological polar surface area (TPSA) is 55.8 Å². The van der Waals surface area contributed by atoms with Crippen LogP contribution in [0.2, 0.25) is 0 Å². The zero-order chi connectivity index (χ0) is 23.5. The molecule has 1 saturated heterocycles. The summed E-state index contributed by atoms with van der Waals surface area (Å²) in [5.41, 5.74) is 4.66. The first-order valence-corrected chi connectivity index (χ1v) is 13.3. The second-order valence-corrected chi connectivity index (χ2v) is 10.8. The third kappa shape index (κ3) is 5.49. The van der Waals surface area contributed by atoms with E-state index in [0.29, 0.717) is 25.9 Å². The normalized spacial score (nSPS) is 31.0. The highest BCUT2D eigenvalue weighted by Gasteiger charge is 2.31. The molecule has 0 aromatic carbocycles. The Morgan fingerprint density at radius 3 is 2.82 bits per heavy atom. The van der Waals surface area contributed by atoms with Crippen LogP contribution in [0.25, 0.3) is 0 Å². The van der Waals surface area contributed by atoms with Crippen molar-refractivity contribution < 1.29 is 19.4 Å². The first-order chi connectivity index (χ1) is 16.5. The van der Waals surface area contributed by atoms with E-state index in [9.17, 15) is 9.90 Å². The van der Waals surface area contributed by atoms with Gasteiger partial charge in [-0.1, -0.05) is 55.7 Å². The number of fused-ring (bicyclic) bond motifs is 1. The SMILES string of the molecule is CC1CCC(CC2=CC=C(C(=O)CCC3COC4=CCCC(C5=CC=CC(O)C5)=C4O3)C2)CC1. The minimum atomic E-state index is -0.444. The van der Waals surface area contributed by atoms with E-state index in [-0.39, 0.29) is 11.9 Å². The number of hydrogen-bond donors (Lipinski definition) is 1. The minimum Gasteiger partial charge on any atom is -0.486 e. The molecule has 2 atom stereocenters. The van der Waals surface area contributed by atoms with E-state index in [4.69, 9.17) is 9.47 Å². The Morgan fingerprint density at radius 1 is 1.15 bits per heavy atom. The monoisotopic (exact) mass is 462 g/mol. The lowest BCUT2D eigenvalue weighted by Gasteiger charge is -2.33. The van der Waals surface area contributed by atoms with Crippen LogP contribution in [-0.4, -0.2) is 29.7 Å². The van der Waals surface area contributed by atoms with Gasteiger partial charge in [0.1, 0.15) is 12.7 Å². The van der Waals surface area contributed by atoms with Crippen LogP contribution in [0.5, 0.6) is 0 Å². The van der Waals surface area contributed by atoms with Crippen molar-refractivity contribution in [3.63, 3.8) is 0 Å². The smallest absolute Gasteiger partial charge is 0.164 e. The third-order valence-corrected chi connectivity index (χ3v) is 8.05. The van der Waals surface area contributed by atoms with Gasteiger partial charge in [-0.25, -0.2) is 0 Å². The largest absolute Gasteiger partial charge is 0.486 e. The Labute approximate surface area is 203 Å². The molecule has 0 spiro atoms. The molecular formula is C30H38O4. The highest BCUT2D eigenvalue weighted by Crippen LogP contribution is 2.39. The number of aliphatic hydroxyl groups excluding tert-OH is 1. The van der Waals surface area contributed by atoms with Crippen LogP contribution in [0.15, 0.2) is 70.3 Å². The summed E-state index contributed by atoms with van der Waals surface area (Å²) in [6.07, 6.45) is 22.5. The maximum absolute atomic E-state index is 12.9. The van der Waals surface area contributed by atoms with Crippen molar-refractivity contribution in [2.45, 2.75) is 89.8 Å². The van der Waals surface area contributed by atoms with Crippen molar-refractivity contribution in [1.82, 2.24) is 0 Å². The van der Waals surface area contributed by atoms with Crippen molar-refractivity contribution in [1.29, 1.82) is 0 Å². The van der Waals surface area contributed by atoms with Crippen molar-refractivity contribution in [2.75, 3.05) is 6.61 Å². The van der Waals surface area contributed by atoms with Crippen LogP contribution in [-0.2, 0) is 14.3 Å². The van der Waals surface area contributed by atoms with Gasteiger partial charge in [-0.3, -0.25) is 4.79 Å². The van der Waals surface area contributed by atoms with E-state index in [0.717, 1.165) is 65.8 Å². The number of hydrogen-bond acceptors (Lipinski definition) is 4. The molecule has 1 aliphatic heterocycles. The van der Waals surface area contributed by atoms with Gasteiger partial charge in [-0.15, -0.1) is 0 Å². The number of aliphatic hydroxyl groups is 1. The number of Topliss-reactive ketones (excluding diaryl/α,β-unsaturated/α-hetero) is 1. The summed E-state index contributed by atoms with van der Waals surface area (Å²) in [5, 5.41) is 10.0.